The molecule has 1 aliphatic carbocycles. The van der Waals surface area contributed by atoms with Gasteiger partial charge < -0.3 is 0 Å². The van der Waals surface area contributed by atoms with Crippen molar-refractivity contribution in [2.24, 2.45) is 4.99 Å². The van der Waals surface area contributed by atoms with Gasteiger partial charge in [-0.1, -0.05) is 19.1 Å². The van der Waals surface area contributed by atoms with Gasteiger partial charge in [0.1, 0.15) is 0 Å². The van der Waals surface area contributed by atoms with E-state index in [2.05, 4.69) is 24.1 Å². The van der Waals surface area contributed by atoms with Gasteiger partial charge in [0.05, 0.1) is 0 Å². The summed E-state index contributed by atoms with van der Waals surface area (Å²) in [6.45, 7) is 4.12. The number of nitrogens with zero attached hydrogens (tertiary/aromatic N) is 1. The van der Waals surface area contributed by atoms with Crippen molar-refractivity contribution in [2.45, 2.75) is 26.7 Å². The lowest BCUT2D eigenvalue weighted by molar-refractivity contribution is 1.08. The second-order valence-corrected chi connectivity index (χ2v) is 2.32. The number of aliphatic imine (C=N–C) groups is 1. The maximum Gasteiger partial charge on any atom is 0.0468 e. The molecule has 0 saturated carbocycles. The van der Waals surface area contributed by atoms with Crippen LogP contribution in [0.4, 0.5) is 0 Å². The Balaban J connectivity index is 2.74. The van der Waals surface area contributed by atoms with Crippen LogP contribution in [0.5, 0.6) is 0 Å². The zero-order valence-electron chi connectivity index (χ0n) is 6.59. The molecule has 0 unspecified atom stereocenters. The quantitative estimate of drug-likeness (QED) is 0.516. The van der Waals surface area contributed by atoms with Crippen LogP contribution in [0, 0.1) is 0 Å². The minimum atomic E-state index is 1.02. The van der Waals surface area contributed by atoms with E-state index in [-0.39, 0.29) is 0 Å². The standard InChI is InChI=1S/C9H13N/c1-3-8-6-5-7-9(8)10-4-2/h4-6H,3,7H2,1-2H3. The summed E-state index contributed by atoms with van der Waals surface area (Å²) >= 11 is 0. The maximum absolute atomic E-state index is 4.27. The van der Waals surface area contributed by atoms with Crippen LogP contribution in [-0.2, 0) is 0 Å². The average molecular weight is 135 g/mol. The Morgan fingerprint density at radius 3 is 3.10 bits per heavy atom. The van der Waals surface area contributed by atoms with E-state index in [1.807, 2.05) is 13.1 Å². The molecule has 10 heavy (non-hydrogen) atoms. The van der Waals surface area contributed by atoms with E-state index in [0.717, 1.165) is 12.8 Å². The third-order valence-electron chi connectivity index (χ3n) is 1.67. The van der Waals surface area contributed by atoms with Crippen molar-refractivity contribution in [3.63, 3.8) is 0 Å². The Kier molecular flexibility index (Phi) is 2.43. The van der Waals surface area contributed by atoms with Gasteiger partial charge in [0.2, 0.25) is 0 Å². The van der Waals surface area contributed by atoms with Gasteiger partial charge in [0.25, 0.3) is 0 Å². The molecule has 0 radical (unpaired) electrons. The zero-order valence-corrected chi connectivity index (χ0v) is 6.59. The molecule has 1 aliphatic rings. The highest BCUT2D eigenvalue weighted by molar-refractivity contribution is 5.56. The van der Waals surface area contributed by atoms with E-state index in [1.165, 1.54) is 11.3 Å². The SMILES string of the molecule is CC=NC1=C(CC)C=CC1. The van der Waals surface area contributed by atoms with Crippen molar-refractivity contribution in [2.75, 3.05) is 0 Å². The number of allylic oxidation sites excluding steroid dienone is 3. The van der Waals surface area contributed by atoms with Gasteiger partial charge in [-0.25, -0.2) is 0 Å². The molecule has 1 rings (SSSR count). The Labute approximate surface area is 62.2 Å². The molecule has 0 amide bonds. The van der Waals surface area contributed by atoms with Crippen LogP contribution in [0.2, 0.25) is 0 Å². The molecule has 0 aromatic carbocycles. The summed E-state index contributed by atoms with van der Waals surface area (Å²) in [6.07, 6.45) is 8.32. The lowest BCUT2D eigenvalue weighted by Gasteiger charge is -1.95. The highest BCUT2D eigenvalue weighted by atomic mass is 14.7. The van der Waals surface area contributed by atoms with Crippen LogP contribution in [-0.4, -0.2) is 6.21 Å². The first-order valence-electron chi connectivity index (χ1n) is 3.75. The van der Waals surface area contributed by atoms with Crippen molar-refractivity contribution in [3.8, 4) is 0 Å². The van der Waals surface area contributed by atoms with Gasteiger partial charge in [-0.3, -0.25) is 4.99 Å². The molecule has 0 aliphatic heterocycles. The molecule has 0 fully saturated rings. The first kappa shape index (κ1) is 7.26. The van der Waals surface area contributed by atoms with Gasteiger partial charge in [0, 0.05) is 18.3 Å². The van der Waals surface area contributed by atoms with Crippen LogP contribution < -0.4 is 0 Å². The van der Waals surface area contributed by atoms with E-state index in [1.54, 1.807) is 0 Å². The molecule has 0 N–H and O–H groups in total. The predicted molar refractivity (Wildman–Crippen MR) is 45.2 cm³/mol. The molecule has 0 bridgehead atoms. The fourth-order valence-electron chi connectivity index (χ4n) is 1.15. The molecule has 0 atom stereocenters. The Bertz CT molecular complexity index is 197. The second-order valence-electron chi connectivity index (χ2n) is 2.32. The summed E-state index contributed by atoms with van der Waals surface area (Å²) in [7, 11) is 0. The van der Waals surface area contributed by atoms with E-state index < -0.39 is 0 Å². The van der Waals surface area contributed by atoms with Gasteiger partial charge in [-0.05, 0) is 18.9 Å². The van der Waals surface area contributed by atoms with Crippen molar-refractivity contribution >= 4 is 6.21 Å². The van der Waals surface area contributed by atoms with E-state index >= 15 is 0 Å². The second kappa shape index (κ2) is 3.35. The van der Waals surface area contributed by atoms with Crippen molar-refractivity contribution in [1.82, 2.24) is 0 Å². The van der Waals surface area contributed by atoms with Crippen LogP contribution in [0.1, 0.15) is 26.7 Å². The molecule has 1 nitrogen and oxygen atoms in total. The van der Waals surface area contributed by atoms with Gasteiger partial charge in [-0.15, -0.1) is 0 Å². The normalized spacial score (nSPS) is 17.8. The molecule has 0 aromatic heterocycles. The fourth-order valence-corrected chi connectivity index (χ4v) is 1.15. The van der Waals surface area contributed by atoms with E-state index in [4.69, 9.17) is 0 Å². The summed E-state index contributed by atoms with van der Waals surface area (Å²) < 4.78 is 0. The minimum Gasteiger partial charge on any atom is -0.265 e. The Morgan fingerprint density at radius 1 is 1.70 bits per heavy atom. The highest BCUT2D eigenvalue weighted by Gasteiger charge is 2.03. The maximum atomic E-state index is 4.27. The molecule has 0 heterocycles. The fraction of sp³-hybridized carbons (Fsp3) is 0.444. The zero-order chi connectivity index (χ0) is 7.40. The molecular weight excluding hydrogens is 122 g/mol. The number of hydrogen-bond donors (Lipinski definition) is 0. The van der Waals surface area contributed by atoms with E-state index in [0.29, 0.717) is 0 Å². The largest absolute Gasteiger partial charge is 0.265 e. The van der Waals surface area contributed by atoms with Crippen molar-refractivity contribution in [1.29, 1.82) is 0 Å². The molecule has 0 spiro atoms. The van der Waals surface area contributed by atoms with Crippen LogP contribution in [0.15, 0.2) is 28.4 Å². The van der Waals surface area contributed by atoms with Gasteiger partial charge >= 0.3 is 0 Å². The van der Waals surface area contributed by atoms with Gasteiger partial charge in [0.15, 0.2) is 0 Å². The van der Waals surface area contributed by atoms with Crippen molar-refractivity contribution in [3.05, 3.63) is 23.4 Å². The lowest BCUT2D eigenvalue weighted by atomic mass is 10.2. The highest BCUT2D eigenvalue weighted by Crippen LogP contribution is 2.21. The molecule has 0 saturated heterocycles. The topological polar surface area (TPSA) is 12.4 Å². The molecule has 0 aromatic rings. The van der Waals surface area contributed by atoms with E-state index in [9.17, 15) is 0 Å². The van der Waals surface area contributed by atoms with Crippen LogP contribution in [0.3, 0.4) is 0 Å². The molecule has 1 heteroatoms. The number of hydrogen-bond acceptors (Lipinski definition) is 1. The molecular formula is C9H13N. The Morgan fingerprint density at radius 2 is 2.50 bits per heavy atom. The Hall–Kier alpha value is -0.850. The summed E-state index contributed by atoms with van der Waals surface area (Å²) in [6, 6.07) is 0. The lowest BCUT2D eigenvalue weighted by Crippen LogP contribution is -1.78. The summed E-state index contributed by atoms with van der Waals surface area (Å²) in [4.78, 5) is 4.27. The third kappa shape index (κ3) is 1.35. The smallest absolute Gasteiger partial charge is 0.0468 e. The third-order valence-corrected chi connectivity index (χ3v) is 1.67. The van der Waals surface area contributed by atoms with Crippen molar-refractivity contribution < 1.29 is 0 Å². The summed E-state index contributed by atoms with van der Waals surface area (Å²) in [5, 5.41) is 0. The number of rotatable bonds is 2. The first-order chi connectivity index (χ1) is 4.88. The van der Waals surface area contributed by atoms with Gasteiger partial charge in [-0.2, -0.15) is 0 Å². The first-order valence-corrected chi connectivity index (χ1v) is 3.75. The minimum absolute atomic E-state index is 1.02. The summed E-state index contributed by atoms with van der Waals surface area (Å²) in [5.74, 6) is 0. The van der Waals surface area contributed by atoms with Crippen LogP contribution in [0.25, 0.3) is 0 Å². The molecule has 54 valence electrons. The summed E-state index contributed by atoms with van der Waals surface area (Å²) in [5.41, 5.74) is 2.63. The monoisotopic (exact) mass is 135 g/mol. The average Bonchev–Trinajstić information content (AvgIpc) is 2.36. The van der Waals surface area contributed by atoms with Crippen LogP contribution >= 0.6 is 0 Å². The predicted octanol–water partition coefficient (Wildman–Crippen LogP) is 2.70.